The first-order chi connectivity index (χ1) is 13.2. The number of aryl methyl sites for hydroxylation is 1. The fourth-order valence-corrected chi connectivity index (χ4v) is 4.38. The fourth-order valence-electron chi connectivity index (χ4n) is 3.50. The van der Waals surface area contributed by atoms with Crippen LogP contribution in [0.3, 0.4) is 0 Å². The first-order valence-corrected chi connectivity index (χ1v) is 9.90. The van der Waals surface area contributed by atoms with Gasteiger partial charge in [0.05, 0.1) is 11.5 Å². The van der Waals surface area contributed by atoms with Crippen molar-refractivity contribution < 1.29 is 4.74 Å². The van der Waals surface area contributed by atoms with Crippen LogP contribution in [-0.4, -0.2) is 22.8 Å². The second-order valence-corrected chi connectivity index (χ2v) is 7.92. The molecule has 0 amide bonds. The summed E-state index contributed by atoms with van der Waals surface area (Å²) in [5.74, 6) is 0.973. The summed E-state index contributed by atoms with van der Waals surface area (Å²) < 4.78 is 7.53. The second kappa shape index (κ2) is 7.59. The summed E-state index contributed by atoms with van der Waals surface area (Å²) in [6.07, 6.45) is 5.30. The first kappa shape index (κ1) is 17.8. The number of imidazole rings is 1. The van der Waals surface area contributed by atoms with Crippen LogP contribution in [0.5, 0.6) is 0 Å². The zero-order valence-corrected chi connectivity index (χ0v) is 16.1. The molecule has 0 radical (unpaired) electrons. The quantitative estimate of drug-likeness (QED) is 0.650. The maximum Gasteiger partial charge on any atom is 0.110 e. The first-order valence-electron chi connectivity index (χ1n) is 9.08. The third-order valence-corrected chi connectivity index (χ3v) is 6.12. The highest BCUT2D eigenvalue weighted by Gasteiger charge is 2.34. The molecule has 1 aliphatic rings. The lowest BCUT2D eigenvalue weighted by Crippen LogP contribution is -2.32. The standard InChI is InChI=1S/C22H21N3OS/c1-17-24-11-12-25(17)19-5-7-20(8-6-19)27-21-4-2-3-18(15-21)22(16-23)9-13-26-14-10-22/h2-8,11-12,15H,9-10,13-14H2,1H3. The summed E-state index contributed by atoms with van der Waals surface area (Å²) in [4.78, 5) is 6.60. The number of aromatic nitrogens is 2. The minimum atomic E-state index is -0.419. The summed E-state index contributed by atoms with van der Waals surface area (Å²) in [6.45, 7) is 3.30. The molecule has 4 rings (SSSR count). The molecular formula is C22H21N3OS. The molecule has 0 aliphatic carbocycles. The number of nitrogens with zero attached hydrogens (tertiary/aromatic N) is 3. The van der Waals surface area contributed by atoms with Crippen LogP contribution in [0.25, 0.3) is 5.69 Å². The van der Waals surface area contributed by atoms with E-state index in [1.807, 2.05) is 19.3 Å². The Morgan fingerprint density at radius 3 is 2.56 bits per heavy atom. The lowest BCUT2D eigenvalue weighted by molar-refractivity contribution is 0.0675. The fraction of sp³-hybridized carbons (Fsp3) is 0.273. The van der Waals surface area contributed by atoms with Gasteiger partial charge in [-0.2, -0.15) is 5.26 Å². The molecule has 0 atom stereocenters. The van der Waals surface area contributed by atoms with Crippen molar-refractivity contribution >= 4 is 11.8 Å². The molecule has 4 nitrogen and oxygen atoms in total. The van der Waals surface area contributed by atoms with Crippen LogP contribution in [0.4, 0.5) is 0 Å². The van der Waals surface area contributed by atoms with E-state index in [4.69, 9.17) is 4.74 Å². The molecule has 3 aromatic rings. The van der Waals surface area contributed by atoms with Crippen LogP contribution in [0.15, 0.2) is 70.7 Å². The zero-order chi connectivity index (χ0) is 18.7. The molecule has 0 bridgehead atoms. The van der Waals surface area contributed by atoms with Crippen LogP contribution in [-0.2, 0) is 10.2 Å². The van der Waals surface area contributed by atoms with Gasteiger partial charge in [-0.3, -0.25) is 0 Å². The topological polar surface area (TPSA) is 50.8 Å². The third-order valence-electron chi connectivity index (χ3n) is 5.12. The van der Waals surface area contributed by atoms with E-state index >= 15 is 0 Å². The van der Waals surface area contributed by atoms with Crippen molar-refractivity contribution in [3.63, 3.8) is 0 Å². The predicted molar refractivity (Wildman–Crippen MR) is 106 cm³/mol. The predicted octanol–water partition coefficient (Wildman–Crippen LogP) is 4.90. The van der Waals surface area contributed by atoms with Gasteiger partial charge in [0.15, 0.2) is 0 Å². The van der Waals surface area contributed by atoms with Crippen LogP contribution in [0.2, 0.25) is 0 Å². The van der Waals surface area contributed by atoms with Crippen molar-refractivity contribution in [2.75, 3.05) is 13.2 Å². The second-order valence-electron chi connectivity index (χ2n) is 6.77. The van der Waals surface area contributed by atoms with Crippen molar-refractivity contribution in [3.8, 4) is 11.8 Å². The Morgan fingerprint density at radius 2 is 1.89 bits per heavy atom. The van der Waals surface area contributed by atoms with E-state index in [0.29, 0.717) is 13.2 Å². The number of benzene rings is 2. The molecule has 2 heterocycles. The van der Waals surface area contributed by atoms with Crippen LogP contribution >= 0.6 is 11.8 Å². The van der Waals surface area contributed by atoms with Gasteiger partial charge in [-0.15, -0.1) is 0 Å². The minimum Gasteiger partial charge on any atom is -0.381 e. The number of nitriles is 1. The highest BCUT2D eigenvalue weighted by molar-refractivity contribution is 7.99. The van der Waals surface area contributed by atoms with E-state index in [0.717, 1.165) is 34.8 Å². The van der Waals surface area contributed by atoms with Crippen molar-refractivity contribution in [2.45, 2.75) is 35.0 Å². The van der Waals surface area contributed by atoms with E-state index < -0.39 is 5.41 Å². The zero-order valence-electron chi connectivity index (χ0n) is 15.3. The maximum absolute atomic E-state index is 9.80. The molecular weight excluding hydrogens is 354 g/mol. The lowest BCUT2D eigenvalue weighted by atomic mass is 9.75. The van der Waals surface area contributed by atoms with Crippen molar-refractivity contribution in [1.29, 1.82) is 5.26 Å². The smallest absolute Gasteiger partial charge is 0.110 e. The van der Waals surface area contributed by atoms with Gasteiger partial charge in [-0.05, 0) is 61.7 Å². The molecule has 0 spiro atoms. The van der Waals surface area contributed by atoms with Crippen LogP contribution in [0.1, 0.15) is 24.2 Å². The van der Waals surface area contributed by atoms with Gasteiger partial charge >= 0.3 is 0 Å². The SMILES string of the molecule is Cc1nccn1-c1ccc(Sc2cccc(C3(C#N)CCOCC3)c2)cc1. The third kappa shape index (κ3) is 3.64. The molecule has 0 N–H and O–H groups in total. The van der Waals surface area contributed by atoms with Crippen molar-refractivity contribution in [2.24, 2.45) is 0 Å². The molecule has 0 saturated carbocycles. The summed E-state index contributed by atoms with van der Waals surface area (Å²) in [5, 5.41) is 9.80. The van der Waals surface area contributed by atoms with Gasteiger partial charge in [-0.1, -0.05) is 23.9 Å². The number of hydrogen-bond donors (Lipinski definition) is 0. The molecule has 5 heteroatoms. The van der Waals surface area contributed by atoms with Gasteiger partial charge in [-0.25, -0.2) is 4.98 Å². The van der Waals surface area contributed by atoms with Crippen molar-refractivity contribution in [3.05, 3.63) is 72.3 Å². The summed E-state index contributed by atoms with van der Waals surface area (Å²) in [5.41, 5.74) is 1.79. The molecule has 27 heavy (non-hydrogen) atoms. The number of hydrogen-bond acceptors (Lipinski definition) is 4. The molecule has 1 aliphatic heterocycles. The molecule has 1 aromatic heterocycles. The average molecular weight is 375 g/mol. The van der Waals surface area contributed by atoms with Gasteiger partial charge in [0.1, 0.15) is 5.82 Å². The highest BCUT2D eigenvalue weighted by Crippen LogP contribution is 2.37. The molecule has 1 saturated heterocycles. The molecule has 1 fully saturated rings. The largest absolute Gasteiger partial charge is 0.381 e. The van der Waals surface area contributed by atoms with Crippen molar-refractivity contribution in [1.82, 2.24) is 9.55 Å². The monoisotopic (exact) mass is 375 g/mol. The van der Waals surface area contributed by atoms with Crippen LogP contribution < -0.4 is 0 Å². The van der Waals surface area contributed by atoms with E-state index in [-0.39, 0.29) is 0 Å². The Morgan fingerprint density at radius 1 is 1.11 bits per heavy atom. The van der Waals surface area contributed by atoms with Gasteiger partial charge in [0.2, 0.25) is 0 Å². The Bertz CT molecular complexity index is 966. The van der Waals surface area contributed by atoms with E-state index in [9.17, 15) is 5.26 Å². The Balaban J connectivity index is 1.55. The van der Waals surface area contributed by atoms with Gasteiger partial charge < -0.3 is 9.30 Å². The van der Waals surface area contributed by atoms with Gasteiger partial charge in [0, 0.05) is 41.1 Å². The summed E-state index contributed by atoms with van der Waals surface area (Å²) >= 11 is 1.72. The minimum absolute atomic E-state index is 0.419. The summed E-state index contributed by atoms with van der Waals surface area (Å²) in [6, 6.07) is 19.4. The van der Waals surface area contributed by atoms with E-state index in [1.54, 1.807) is 11.8 Å². The Hall–Kier alpha value is -2.55. The van der Waals surface area contributed by atoms with Gasteiger partial charge in [0.25, 0.3) is 0 Å². The average Bonchev–Trinajstić information content (AvgIpc) is 3.15. The summed E-state index contributed by atoms with van der Waals surface area (Å²) in [7, 11) is 0. The van der Waals surface area contributed by atoms with Crippen LogP contribution in [0, 0.1) is 18.3 Å². The number of rotatable bonds is 4. The normalized spacial score (nSPS) is 16.0. The number of ether oxygens (including phenoxy) is 1. The highest BCUT2D eigenvalue weighted by atomic mass is 32.2. The molecule has 0 unspecified atom stereocenters. The van der Waals surface area contributed by atoms with E-state index in [1.165, 1.54) is 4.90 Å². The Labute approximate surface area is 163 Å². The van der Waals surface area contributed by atoms with E-state index in [2.05, 4.69) is 64.2 Å². The molecule has 136 valence electrons. The Kier molecular flexibility index (Phi) is 5.02. The lowest BCUT2D eigenvalue weighted by Gasteiger charge is -2.31. The molecule has 2 aromatic carbocycles. The maximum atomic E-state index is 9.80.